The number of halogens is 1. The van der Waals surface area contributed by atoms with Gasteiger partial charge >= 0.3 is 12.1 Å². The number of ether oxygens (including phenoxy) is 1. The second kappa shape index (κ2) is 8.91. The van der Waals surface area contributed by atoms with Gasteiger partial charge in [0.15, 0.2) is 0 Å². The van der Waals surface area contributed by atoms with Crippen LogP contribution in [0.2, 0.25) is 0 Å². The molecule has 0 fully saturated rings. The Hall–Kier alpha value is -2.15. The molecule has 2 unspecified atom stereocenters. The molecule has 7 heteroatoms. The van der Waals surface area contributed by atoms with E-state index in [1.807, 2.05) is 18.2 Å². The molecule has 0 aliphatic rings. The largest absolute Gasteiger partial charge is 0.480 e. The SMILES string of the molecule is NC(CCC(CF)NC(=O)OCc1ccccc1)C(=O)O. The quantitative estimate of drug-likeness (QED) is 0.674. The minimum absolute atomic E-state index is 0.0723. The Bertz CT molecular complexity index is 456. The lowest BCUT2D eigenvalue weighted by molar-refractivity contribution is -0.138. The average molecular weight is 298 g/mol. The number of amides is 1. The molecule has 1 aromatic rings. The van der Waals surface area contributed by atoms with E-state index in [1.165, 1.54) is 0 Å². The molecule has 0 bridgehead atoms. The number of nitrogens with two attached hydrogens (primary N) is 1. The van der Waals surface area contributed by atoms with Gasteiger partial charge in [0, 0.05) is 0 Å². The fraction of sp³-hybridized carbons (Fsp3) is 0.429. The van der Waals surface area contributed by atoms with Crippen molar-refractivity contribution in [2.24, 2.45) is 5.73 Å². The zero-order valence-corrected chi connectivity index (χ0v) is 11.5. The second-order valence-corrected chi connectivity index (χ2v) is 4.58. The fourth-order valence-electron chi connectivity index (χ4n) is 1.62. The van der Waals surface area contributed by atoms with Crippen molar-refractivity contribution in [3.63, 3.8) is 0 Å². The van der Waals surface area contributed by atoms with E-state index in [9.17, 15) is 14.0 Å². The predicted octanol–water partition coefficient (Wildman–Crippen LogP) is 1.44. The summed E-state index contributed by atoms with van der Waals surface area (Å²) in [5.74, 6) is -1.15. The average Bonchev–Trinajstić information content (AvgIpc) is 2.49. The number of alkyl carbamates (subject to hydrolysis) is 1. The Morgan fingerprint density at radius 3 is 2.52 bits per heavy atom. The summed E-state index contributed by atoms with van der Waals surface area (Å²) >= 11 is 0. The second-order valence-electron chi connectivity index (χ2n) is 4.58. The first-order valence-electron chi connectivity index (χ1n) is 6.54. The number of carbonyl (C=O) groups is 2. The van der Waals surface area contributed by atoms with Gasteiger partial charge in [0.2, 0.25) is 0 Å². The number of hydrogen-bond acceptors (Lipinski definition) is 4. The topological polar surface area (TPSA) is 102 Å². The first kappa shape index (κ1) is 16.9. The lowest BCUT2D eigenvalue weighted by Gasteiger charge is -2.16. The summed E-state index contributed by atoms with van der Waals surface area (Å²) < 4.78 is 17.7. The molecule has 6 nitrogen and oxygen atoms in total. The van der Waals surface area contributed by atoms with Crippen molar-refractivity contribution in [3.8, 4) is 0 Å². The summed E-state index contributed by atoms with van der Waals surface area (Å²) in [7, 11) is 0. The molecule has 0 aliphatic heterocycles. The normalized spacial score (nSPS) is 13.2. The highest BCUT2D eigenvalue weighted by molar-refractivity contribution is 5.73. The molecule has 1 amide bonds. The molecule has 1 rings (SSSR count). The van der Waals surface area contributed by atoms with Gasteiger partial charge < -0.3 is 20.9 Å². The first-order chi connectivity index (χ1) is 10.0. The molecule has 0 saturated carbocycles. The molecule has 2 atom stereocenters. The number of rotatable bonds is 8. The van der Waals surface area contributed by atoms with Crippen molar-refractivity contribution in [2.75, 3.05) is 6.67 Å². The van der Waals surface area contributed by atoms with Crippen LogP contribution in [0.4, 0.5) is 9.18 Å². The number of benzene rings is 1. The number of nitrogens with one attached hydrogen (secondary N) is 1. The van der Waals surface area contributed by atoms with Gasteiger partial charge in [-0.05, 0) is 18.4 Å². The molecule has 1 aromatic carbocycles. The minimum atomic E-state index is -1.15. The first-order valence-corrected chi connectivity index (χ1v) is 6.54. The molecule has 0 aliphatic carbocycles. The molecule has 21 heavy (non-hydrogen) atoms. The van der Waals surface area contributed by atoms with Crippen molar-refractivity contribution < 1.29 is 23.8 Å². The summed E-state index contributed by atoms with van der Waals surface area (Å²) in [6.45, 7) is -0.729. The summed E-state index contributed by atoms with van der Waals surface area (Å²) in [4.78, 5) is 22.1. The summed E-state index contributed by atoms with van der Waals surface area (Å²) in [5.41, 5.74) is 6.14. The molecule has 116 valence electrons. The highest BCUT2D eigenvalue weighted by Crippen LogP contribution is 2.04. The third-order valence-electron chi connectivity index (χ3n) is 2.86. The lowest BCUT2D eigenvalue weighted by atomic mass is 10.1. The maximum atomic E-state index is 12.8. The van der Waals surface area contributed by atoms with Crippen LogP contribution >= 0.6 is 0 Å². The van der Waals surface area contributed by atoms with Crippen molar-refractivity contribution in [1.82, 2.24) is 5.32 Å². The molecule has 0 saturated heterocycles. The van der Waals surface area contributed by atoms with Crippen molar-refractivity contribution in [3.05, 3.63) is 35.9 Å². The van der Waals surface area contributed by atoms with Gasteiger partial charge in [-0.1, -0.05) is 30.3 Å². The van der Waals surface area contributed by atoms with E-state index < -0.39 is 30.8 Å². The third kappa shape index (κ3) is 6.71. The van der Waals surface area contributed by atoms with E-state index in [-0.39, 0.29) is 19.4 Å². The van der Waals surface area contributed by atoms with Gasteiger partial charge in [-0.3, -0.25) is 4.79 Å². The van der Waals surface area contributed by atoms with Crippen LogP contribution in [0.3, 0.4) is 0 Å². The van der Waals surface area contributed by atoms with Crippen molar-refractivity contribution >= 4 is 12.1 Å². The van der Waals surface area contributed by atoms with E-state index in [0.717, 1.165) is 5.56 Å². The van der Waals surface area contributed by atoms with Gasteiger partial charge in [0.1, 0.15) is 19.3 Å². The van der Waals surface area contributed by atoms with Crippen LogP contribution in [0.15, 0.2) is 30.3 Å². The summed E-state index contributed by atoms with van der Waals surface area (Å²) in [5, 5.41) is 11.0. The van der Waals surface area contributed by atoms with Gasteiger partial charge in [-0.15, -0.1) is 0 Å². The van der Waals surface area contributed by atoms with Crippen LogP contribution in [-0.4, -0.2) is 35.9 Å². The Morgan fingerprint density at radius 1 is 1.29 bits per heavy atom. The zero-order valence-electron chi connectivity index (χ0n) is 11.5. The van der Waals surface area contributed by atoms with Crippen LogP contribution in [0.1, 0.15) is 18.4 Å². The van der Waals surface area contributed by atoms with Crippen LogP contribution < -0.4 is 11.1 Å². The molecule has 0 heterocycles. The van der Waals surface area contributed by atoms with Crippen LogP contribution in [0.25, 0.3) is 0 Å². The number of hydrogen-bond donors (Lipinski definition) is 3. The molecule has 4 N–H and O–H groups in total. The molecule has 0 spiro atoms. The fourth-order valence-corrected chi connectivity index (χ4v) is 1.62. The highest BCUT2D eigenvalue weighted by atomic mass is 19.1. The van der Waals surface area contributed by atoms with Crippen LogP contribution in [0, 0.1) is 0 Å². The van der Waals surface area contributed by atoms with E-state index in [2.05, 4.69) is 5.32 Å². The predicted molar refractivity (Wildman–Crippen MR) is 74.4 cm³/mol. The highest BCUT2D eigenvalue weighted by Gasteiger charge is 2.17. The summed E-state index contributed by atoms with van der Waals surface area (Å²) in [6, 6.07) is 7.19. The number of carboxylic acid groups (broad SMARTS) is 1. The number of carboxylic acids is 1. The Kier molecular flexibility index (Phi) is 7.17. The number of alkyl halides is 1. The molecular weight excluding hydrogens is 279 g/mol. The van der Waals surface area contributed by atoms with Crippen molar-refractivity contribution in [2.45, 2.75) is 31.5 Å². The molecule has 0 aromatic heterocycles. The van der Waals surface area contributed by atoms with E-state index >= 15 is 0 Å². The van der Waals surface area contributed by atoms with Crippen LogP contribution in [0.5, 0.6) is 0 Å². The van der Waals surface area contributed by atoms with Crippen LogP contribution in [-0.2, 0) is 16.1 Å². The van der Waals surface area contributed by atoms with Gasteiger partial charge in [0.05, 0.1) is 6.04 Å². The molecule has 0 radical (unpaired) electrons. The lowest BCUT2D eigenvalue weighted by Crippen LogP contribution is -2.39. The van der Waals surface area contributed by atoms with Gasteiger partial charge in [-0.2, -0.15) is 0 Å². The maximum Gasteiger partial charge on any atom is 0.407 e. The summed E-state index contributed by atoms with van der Waals surface area (Å²) in [6.07, 6.45) is -0.543. The Labute approximate surface area is 122 Å². The standard InChI is InChI=1S/C14H19FN2O4/c15-8-11(6-7-12(16)13(18)19)17-14(20)21-9-10-4-2-1-3-5-10/h1-5,11-12H,6-9,16H2,(H,17,20)(H,18,19). The number of carbonyl (C=O) groups excluding carboxylic acids is 1. The van der Waals surface area contributed by atoms with Gasteiger partial charge in [-0.25, -0.2) is 9.18 Å². The monoisotopic (exact) mass is 298 g/mol. The van der Waals surface area contributed by atoms with E-state index in [4.69, 9.17) is 15.6 Å². The Morgan fingerprint density at radius 2 is 1.95 bits per heavy atom. The van der Waals surface area contributed by atoms with Gasteiger partial charge in [0.25, 0.3) is 0 Å². The van der Waals surface area contributed by atoms with Crippen molar-refractivity contribution in [1.29, 1.82) is 0 Å². The minimum Gasteiger partial charge on any atom is -0.480 e. The van der Waals surface area contributed by atoms with E-state index in [0.29, 0.717) is 0 Å². The smallest absolute Gasteiger partial charge is 0.407 e. The zero-order chi connectivity index (χ0) is 15.7. The molecular formula is C14H19FN2O4. The Balaban J connectivity index is 2.32. The van der Waals surface area contributed by atoms with E-state index in [1.54, 1.807) is 12.1 Å². The maximum absolute atomic E-state index is 12.8. The number of aliphatic carboxylic acids is 1. The third-order valence-corrected chi connectivity index (χ3v) is 2.86.